The highest BCUT2D eigenvalue weighted by atomic mass is 35.5. The molecule has 5 heteroatoms. The van der Waals surface area contributed by atoms with Gasteiger partial charge < -0.3 is 4.74 Å². The van der Waals surface area contributed by atoms with E-state index < -0.39 is 0 Å². The van der Waals surface area contributed by atoms with Gasteiger partial charge in [-0.1, -0.05) is 53.5 Å². The van der Waals surface area contributed by atoms with E-state index in [2.05, 4.69) is 10.5 Å². The van der Waals surface area contributed by atoms with Gasteiger partial charge in [-0.25, -0.2) is 0 Å². The second-order valence-electron chi connectivity index (χ2n) is 5.37. The lowest BCUT2D eigenvalue weighted by Crippen LogP contribution is -1.96. The zero-order chi connectivity index (χ0) is 17.5. The molecule has 0 aliphatic heterocycles. The Labute approximate surface area is 156 Å². The highest BCUT2D eigenvalue weighted by Crippen LogP contribution is 2.17. The summed E-state index contributed by atoms with van der Waals surface area (Å²) in [7, 11) is 0. The molecule has 0 fully saturated rings. The molecular weight excluding hydrogens is 355 g/mol. The van der Waals surface area contributed by atoms with Crippen LogP contribution >= 0.6 is 23.2 Å². The summed E-state index contributed by atoms with van der Waals surface area (Å²) in [6.45, 7) is 0.485. The standard InChI is InChI=1S/C20H16Cl2N2O/c21-17-9-7-15(8-10-17)14-25-20-6-1-3-16(11-20)13-23-24-19-5-2-4-18(22)12-19/h1-13,24H,14H2. The SMILES string of the molecule is Clc1ccc(COc2cccc(C=NNc3cccc(Cl)c3)c2)cc1. The van der Waals surface area contributed by atoms with Crippen molar-refractivity contribution in [1.82, 2.24) is 0 Å². The van der Waals surface area contributed by atoms with Crippen LogP contribution in [0.5, 0.6) is 5.75 Å². The molecule has 0 aliphatic rings. The van der Waals surface area contributed by atoms with Gasteiger partial charge in [0.1, 0.15) is 12.4 Å². The highest BCUT2D eigenvalue weighted by molar-refractivity contribution is 6.31. The fourth-order valence-electron chi connectivity index (χ4n) is 2.17. The third-order valence-corrected chi connectivity index (χ3v) is 3.90. The summed E-state index contributed by atoms with van der Waals surface area (Å²) < 4.78 is 5.81. The summed E-state index contributed by atoms with van der Waals surface area (Å²) in [6.07, 6.45) is 1.73. The van der Waals surface area contributed by atoms with Crippen LogP contribution in [-0.2, 0) is 6.61 Å². The Morgan fingerprint density at radius 1 is 0.880 bits per heavy atom. The van der Waals surface area contributed by atoms with Gasteiger partial charge in [0.2, 0.25) is 0 Å². The van der Waals surface area contributed by atoms with Crippen molar-refractivity contribution in [1.29, 1.82) is 0 Å². The van der Waals surface area contributed by atoms with Crippen molar-refractivity contribution in [2.24, 2.45) is 5.10 Å². The molecule has 126 valence electrons. The Morgan fingerprint density at radius 2 is 1.68 bits per heavy atom. The van der Waals surface area contributed by atoms with E-state index in [1.54, 1.807) is 6.21 Å². The molecule has 25 heavy (non-hydrogen) atoms. The van der Waals surface area contributed by atoms with E-state index in [1.807, 2.05) is 72.8 Å². The monoisotopic (exact) mass is 370 g/mol. The Hall–Kier alpha value is -2.49. The van der Waals surface area contributed by atoms with E-state index in [0.717, 1.165) is 22.6 Å². The Kier molecular flexibility index (Phi) is 5.94. The van der Waals surface area contributed by atoms with E-state index in [4.69, 9.17) is 27.9 Å². The number of nitrogens with one attached hydrogen (secondary N) is 1. The van der Waals surface area contributed by atoms with E-state index in [9.17, 15) is 0 Å². The lowest BCUT2D eigenvalue weighted by Gasteiger charge is -2.07. The van der Waals surface area contributed by atoms with Crippen LogP contribution in [0.1, 0.15) is 11.1 Å². The van der Waals surface area contributed by atoms with E-state index >= 15 is 0 Å². The molecule has 0 saturated carbocycles. The number of hydrogen-bond acceptors (Lipinski definition) is 3. The minimum absolute atomic E-state index is 0.485. The molecule has 0 amide bonds. The van der Waals surface area contributed by atoms with Crippen molar-refractivity contribution in [2.75, 3.05) is 5.43 Å². The highest BCUT2D eigenvalue weighted by Gasteiger charge is 1.98. The number of hydrazone groups is 1. The molecule has 0 spiro atoms. The largest absolute Gasteiger partial charge is 0.489 e. The number of hydrogen-bond donors (Lipinski definition) is 1. The maximum atomic E-state index is 5.94. The molecule has 0 saturated heterocycles. The number of benzene rings is 3. The molecule has 0 aliphatic carbocycles. The van der Waals surface area contributed by atoms with Crippen LogP contribution in [0.25, 0.3) is 0 Å². The lowest BCUT2D eigenvalue weighted by molar-refractivity contribution is 0.306. The molecule has 3 nitrogen and oxygen atoms in total. The Bertz CT molecular complexity index is 864. The number of nitrogens with zero attached hydrogens (tertiary/aromatic N) is 1. The van der Waals surface area contributed by atoms with Gasteiger partial charge in [0.15, 0.2) is 0 Å². The van der Waals surface area contributed by atoms with Crippen molar-refractivity contribution in [2.45, 2.75) is 6.61 Å². The number of rotatable bonds is 6. The van der Waals surface area contributed by atoms with E-state index in [-0.39, 0.29) is 0 Å². The van der Waals surface area contributed by atoms with E-state index in [0.29, 0.717) is 16.7 Å². The van der Waals surface area contributed by atoms with Crippen molar-refractivity contribution in [3.63, 3.8) is 0 Å². The maximum absolute atomic E-state index is 5.94. The van der Waals surface area contributed by atoms with Crippen LogP contribution in [0.3, 0.4) is 0 Å². The Balaban J connectivity index is 1.59. The first-order valence-electron chi connectivity index (χ1n) is 7.71. The average molecular weight is 371 g/mol. The third kappa shape index (κ3) is 5.52. The summed E-state index contributed by atoms with van der Waals surface area (Å²) in [5, 5.41) is 5.60. The van der Waals surface area contributed by atoms with Gasteiger partial charge in [-0.2, -0.15) is 5.10 Å². The van der Waals surface area contributed by atoms with Crippen molar-refractivity contribution in [3.05, 3.63) is 94.0 Å². The molecule has 1 N–H and O–H groups in total. The second kappa shape index (κ2) is 8.56. The van der Waals surface area contributed by atoms with Gasteiger partial charge in [-0.3, -0.25) is 5.43 Å². The predicted molar refractivity (Wildman–Crippen MR) is 105 cm³/mol. The van der Waals surface area contributed by atoms with Gasteiger partial charge in [-0.15, -0.1) is 0 Å². The lowest BCUT2D eigenvalue weighted by atomic mass is 10.2. The minimum Gasteiger partial charge on any atom is -0.489 e. The van der Waals surface area contributed by atoms with Crippen LogP contribution in [0.4, 0.5) is 5.69 Å². The van der Waals surface area contributed by atoms with Gasteiger partial charge >= 0.3 is 0 Å². The summed E-state index contributed by atoms with van der Waals surface area (Å²) >= 11 is 11.8. The van der Waals surface area contributed by atoms with Crippen LogP contribution in [0.15, 0.2) is 77.9 Å². The number of halogens is 2. The zero-order valence-corrected chi connectivity index (χ0v) is 14.8. The molecule has 3 aromatic carbocycles. The molecule has 0 radical (unpaired) electrons. The van der Waals surface area contributed by atoms with Crippen LogP contribution in [0.2, 0.25) is 10.0 Å². The molecular formula is C20H16Cl2N2O. The predicted octanol–water partition coefficient (Wildman–Crippen LogP) is 6.02. The number of anilines is 1. The van der Waals surface area contributed by atoms with Gasteiger partial charge in [-0.05, 0) is 53.6 Å². The fourth-order valence-corrected chi connectivity index (χ4v) is 2.49. The molecule has 0 aromatic heterocycles. The van der Waals surface area contributed by atoms with E-state index in [1.165, 1.54) is 0 Å². The first kappa shape index (κ1) is 17.3. The molecule has 0 unspecified atom stereocenters. The van der Waals surface area contributed by atoms with Crippen molar-refractivity contribution < 1.29 is 4.74 Å². The normalized spacial score (nSPS) is 10.8. The third-order valence-electron chi connectivity index (χ3n) is 3.41. The van der Waals surface area contributed by atoms with Gasteiger partial charge in [0, 0.05) is 10.0 Å². The molecule has 3 aromatic rings. The van der Waals surface area contributed by atoms with Gasteiger partial charge in [0.25, 0.3) is 0 Å². The van der Waals surface area contributed by atoms with Crippen molar-refractivity contribution >= 4 is 35.1 Å². The number of ether oxygens (including phenoxy) is 1. The molecule has 0 atom stereocenters. The average Bonchev–Trinajstić information content (AvgIpc) is 2.62. The first-order chi connectivity index (χ1) is 12.2. The van der Waals surface area contributed by atoms with Crippen molar-refractivity contribution in [3.8, 4) is 5.75 Å². The summed E-state index contributed by atoms with van der Waals surface area (Å²) in [6, 6.07) is 22.7. The fraction of sp³-hybridized carbons (Fsp3) is 0.0500. The molecule has 0 heterocycles. The Morgan fingerprint density at radius 3 is 2.48 bits per heavy atom. The minimum atomic E-state index is 0.485. The maximum Gasteiger partial charge on any atom is 0.120 e. The van der Waals surface area contributed by atoms with Gasteiger partial charge in [0.05, 0.1) is 11.9 Å². The summed E-state index contributed by atoms with van der Waals surface area (Å²) in [4.78, 5) is 0. The van der Waals surface area contributed by atoms with Crippen LogP contribution < -0.4 is 10.2 Å². The molecule has 3 rings (SSSR count). The zero-order valence-electron chi connectivity index (χ0n) is 13.3. The first-order valence-corrected chi connectivity index (χ1v) is 8.46. The second-order valence-corrected chi connectivity index (χ2v) is 6.24. The summed E-state index contributed by atoms with van der Waals surface area (Å²) in [5.74, 6) is 0.779. The smallest absolute Gasteiger partial charge is 0.120 e. The summed E-state index contributed by atoms with van der Waals surface area (Å²) in [5.41, 5.74) is 5.78. The topological polar surface area (TPSA) is 33.6 Å². The van der Waals surface area contributed by atoms with Crippen LogP contribution in [0, 0.1) is 0 Å². The van der Waals surface area contributed by atoms with Crippen LogP contribution in [-0.4, -0.2) is 6.21 Å². The molecule has 0 bridgehead atoms. The quantitative estimate of drug-likeness (QED) is 0.425.